The van der Waals surface area contributed by atoms with Crippen molar-refractivity contribution in [2.45, 2.75) is 51.0 Å². The number of nitrogens with one attached hydrogen (secondary N) is 1. The molecule has 0 aliphatic heterocycles. The van der Waals surface area contributed by atoms with Crippen LogP contribution in [-0.4, -0.2) is 69.8 Å². The Morgan fingerprint density at radius 1 is 1.13 bits per heavy atom. The van der Waals surface area contributed by atoms with E-state index in [4.69, 9.17) is 0 Å². The third kappa shape index (κ3) is 5.36. The third-order valence-electron chi connectivity index (χ3n) is 6.07. The predicted molar refractivity (Wildman–Crippen MR) is 117 cm³/mol. The maximum absolute atomic E-state index is 13.1. The quantitative estimate of drug-likeness (QED) is 0.717. The number of tetrazole rings is 1. The molecule has 0 atom stereocenters. The van der Waals surface area contributed by atoms with Crippen LogP contribution in [-0.2, 0) is 0 Å². The van der Waals surface area contributed by atoms with Crippen molar-refractivity contribution in [1.29, 1.82) is 0 Å². The van der Waals surface area contributed by atoms with Gasteiger partial charge in [-0.15, -0.1) is 5.10 Å². The highest BCUT2D eigenvalue weighted by atomic mass is 16.2. The first-order chi connectivity index (χ1) is 14.6. The van der Waals surface area contributed by atoms with Crippen molar-refractivity contribution >= 4 is 11.7 Å². The Morgan fingerprint density at radius 3 is 2.67 bits per heavy atom. The minimum atomic E-state index is -0.0265. The first kappa shape index (κ1) is 20.8. The standard InChI is InChI=1S/C22H33N7O/c1-27(2)13-14-28(16-17-7-4-3-5-8-17)22(30)23-19-10-6-9-18(15-19)21-24-25-26-29(21)20-11-12-20/h6,9-10,15,17,20H,3-5,7-8,11-14,16H2,1-2H3,(H,23,30). The zero-order chi connectivity index (χ0) is 20.9. The van der Waals surface area contributed by atoms with Gasteiger partial charge in [-0.2, -0.15) is 0 Å². The Hall–Kier alpha value is -2.48. The minimum absolute atomic E-state index is 0.0265. The van der Waals surface area contributed by atoms with Crippen molar-refractivity contribution in [2.24, 2.45) is 5.92 Å². The van der Waals surface area contributed by atoms with Gasteiger partial charge in [0.2, 0.25) is 0 Å². The van der Waals surface area contributed by atoms with Crippen LogP contribution >= 0.6 is 0 Å². The second-order valence-corrected chi connectivity index (χ2v) is 8.94. The lowest BCUT2D eigenvalue weighted by atomic mass is 9.89. The molecule has 2 aliphatic carbocycles. The summed E-state index contributed by atoms with van der Waals surface area (Å²) in [6, 6.07) is 8.21. The van der Waals surface area contributed by atoms with E-state index < -0.39 is 0 Å². The lowest BCUT2D eigenvalue weighted by Gasteiger charge is -2.30. The molecule has 162 valence electrons. The molecule has 1 N–H and O–H groups in total. The molecule has 8 nitrogen and oxygen atoms in total. The monoisotopic (exact) mass is 411 g/mol. The van der Waals surface area contributed by atoms with Crippen molar-refractivity contribution in [3.8, 4) is 11.4 Å². The summed E-state index contributed by atoms with van der Waals surface area (Å²) in [5, 5.41) is 15.3. The number of anilines is 1. The van der Waals surface area contributed by atoms with Gasteiger partial charge in [0.05, 0.1) is 6.04 Å². The van der Waals surface area contributed by atoms with Gasteiger partial charge in [0.15, 0.2) is 5.82 Å². The molecule has 4 rings (SSSR count). The van der Waals surface area contributed by atoms with E-state index in [-0.39, 0.29) is 6.03 Å². The molecule has 0 radical (unpaired) electrons. The summed E-state index contributed by atoms with van der Waals surface area (Å²) >= 11 is 0. The zero-order valence-electron chi connectivity index (χ0n) is 18.1. The minimum Gasteiger partial charge on any atom is -0.323 e. The van der Waals surface area contributed by atoms with Gasteiger partial charge >= 0.3 is 6.03 Å². The van der Waals surface area contributed by atoms with Crippen molar-refractivity contribution in [3.05, 3.63) is 24.3 Å². The molecule has 2 aromatic rings. The topological polar surface area (TPSA) is 79.2 Å². The molecule has 1 heterocycles. The molecule has 0 spiro atoms. The van der Waals surface area contributed by atoms with Gasteiger partial charge in [0, 0.05) is 30.9 Å². The van der Waals surface area contributed by atoms with E-state index in [0.29, 0.717) is 12.0 Å². The van der Waals surface area contributed by atoms with Crippen LogP contribution < -0.4 is 5.32 Å². The Morgan fingerprint density at radius 2 is 1.93 bits per heavy atom. The lowest BCUT2D eigenvalue weighted by Crippen LogP contribution is -2.42. The molecule has 2 aliphatic rings. The van der Waals surface area contributed by atoms with E-state index in [1.54, 1.807) is 0 Å². The van der Waals surface area contributed by atoms with E-state index in [0.717, 1.165) is 49.6 Å². The van der Waals surface area contributed by atoms with Gasteiger partial charge in [-0.1, -0.05) is 31.4 Å². The Balaban J connectivity index is 1.45. The number of nitrogens with zero attached hydrogens (tertiary/aromatic N) is 6. The number of carbonyl (C=O) groups is 1. The second-order valence-electron chi connectivity index (χ2n) is 8.94. The van der Waals surface area contributed by atoms with Gasteiger partial charge in [-0.25, -0.2) is 9.48 Å². The molecule has 2 saturated carbocycles. The van der Waals surface area contributed by atoms with Crippen molar-refractivity contribution < 1.29 is 4.79 Å². The highest BCUT2D eigenvalue weighted by Gasteiger charge is 2.28. The highest BCUT2D eigenvalue weighted by Crippen LogP contribution is 2.36. The molecule has 0 bridgehead atoms. The largest absolute Gasteiger partial charge is 0.323 e. The maximum Gasteiger partial charge on any atom is 0.321 e. The highest BCUT2D eigenvalue weighted by molar-refractivity contribution is 5.90. The van der Waals surface area contributed by atoms with E-state index in [2.05, 4.69) is 25.7 Å². The van der Waals surface area contributed by atoms with Crippen LogP contribution in [0.25, 0.3) is 11.4 Å². The summed E-state index contributed by atoms with van der Waals surface area (Å²) in [5.41, 5.74) is 1.71. The van der Waals surface area contributed by atoms with E-state index >= 15 is 0 Å². The van der Waals surface area contributed by atoms with Crippen LogP contribution in [0.1, 0.15) is 51.0 Å². The van der Waals surface area contributed by atoms with Crippen LogP contribution in [0.15, 0.2) is 24.3 Å². The fourth-order valence-electron chi connectivity index (χ4n) is 4.17. The molecule has 1 aromatic heterocycles. The average molecular weight is 412 g/mol. The number of hydrogen-bond donors (Lipinski definition) is 1. The smallest absolute Gasteiger partial charge is 0.321 e. The molecule has 0 saturated heterocycles. The van der Waals surface area contributed by atoms with Crippen LogP contribution in [0.5, 0.6) is 0 Å². The average Bonchev–Trinajstić information content (AvgIpc) is 3.48. The van der Waals surface area contributed by atoms with Gasteiger partial charge in [-0.05, 0) is 68.3 Å². The fraction of sp³-hybridized carbons (Fsp3) is 0.636. The van der Waals surface area contributed by atoms with Crippen molar-refractivity contribution in [2.75, 3.05) is 39.0 Å². The number of amides is 2. The van der Waals surface area contributed by atoms with Crippen LogP contribution in [0, 0.1) is 5.92 Å². The van der Waals surface area contributed by atoms with Gasteiger partial charge in [-0.3, -0.25) is 0 Å². The van der Waals surface area contributed by atoms with Crippen molar-refractivity contribution in [3.63, 3.8) is 0 Å². The summed E-state index contributed by atoms with van der Waals surface area (Å²) in [5.74, 6) is 1.38. The summed E-state index contributed by atoms with van der Waals surface area (Å²) in [7, 11) is 4.09. The van der Waals surface area contributed by atoms with E-state index in [1.807, 2.05) is 47.9 Å². The van der Waals surface area contributed by atoms with Crippen molar-refractivity contribution in [1.82, 2.24) is 30.0 Å². The molecular formula is C22H33N7O. The number of hydrogen-bond acceptors (Lipinski definition) is 5. The molecule has 0 unspecified atom stereocenters. The second kappa shape index (κ2) is 9.55. The summed E-state index contributed by atoms with van der Waals surface area (Å²) in [6.45, 7) is 2.42. The normalized spacial score (nSPS) is 17.3. The molecule has 30 heavy (non-hydrogen) atoms. The third-order valence-corrected chi connectivity index (χ3v) is 6.07. The molecule has 1 aromatic carbocycles. The number of likely N-dealkylation sites (N-methyl/N-ethyl adjacent to an activating group) is 1. The lowest BCUT2D eigenvalue weighted by molar-refractivity contribution is 0.183. The van der Waals surface area contributed by atoms with Gasteiger partial charge in [0.1, 0.15) is 0 Å². The van der Waals surface area contributed by atoms with Gasteiger partial charge < -0.3 is 15.1 Å². The summed E-state index contributed by atoms with van der Waals surface area (Å²) < 4.78 is 1.90. The first-order valence-electron chi connectivity index (χ1n) is 11.2. The summed E-state index contributed by atoms with van der Waals surface area (Å²) in [4.78, 5) is 17.2. The van der Waals surface area contributed by atoms with Crippen LogP contribution in [0.2, 0.25) is 0 Å². The maximum atomic E-state index is 13.1. The number of urea groups is 1. The summed E-state index contributed by atoms with van der Waals surface area (Å²) in [6.07, 6.45) is 8.59. The molecule has 2 amide bonds. The Labute approximate surface area is 178 Å². The Bertz CT molecular complexity index is 840. The Kier molecular flexibility index (Phi) is 6.62. The number of benzene rings is 1. The van der Waals surface area contributed by atoms with E-state index in [1.165, 1.54) is 32.1 Å². The number of carbonyl (C=O) groups excluding carboxylic acids is 1. The first-order valence-corrected chi connectivity index (χ1v) is 11.2. The molecule has 8 heteroatoms. The fourth-order valence-corrected chi connectivity index (χ4v) is 4.17. The number of aromatic nitrogens is 4. The molecular weight excluding hydrogens is 378 g/mol. The molecule has 2 fully saturated rings. The van der Waals surface area contributed by atoms with Gasteiger partial charge in [0.25, 0.3) is 0 Å². The zero-order valence-corrected chi connectivity index (χ0v) is 18.1. The number of rotatable bonds is 8. The predicted octanol–water partition coefficient (Wildman–Crippen LogP) is 3.65. The van der Waals surface area contributed by atoms with Crippen LogP contribution in [0.3, 0.4) is 0 Å². The van der Waals surface area contributed by atoms with Crippen LogP contribution in [0.4, 0.5) is 10.5 Å². The SMILES string of the molecule is CN(C)CCN(CC1CCCCC1)C(=O)Nc1cccc(-c2nnnn2C2CC2)c1. The van der Waals surface area contributed by atoms with E-state index in [9.17, 15) is 4.79 Å².